The van der Waals surface area contributed by atoms with Crippen molar-refractivity contribution in [2.45, 2.75) is 42.2 Å². The molecule has 2 heterocycles. The van der Waals surface area contributed by atoms with Gasteiger partial charge in [0, 0.05) is 48.4 Å². The molecule has 2 aliphatic heterocycles. The van der Waals surface area contributed by atoms with E-state index in [1.807, 2.05) is 6.92 Å². The van der Waals surface area contributed by atoms with E-state index in [4.69, 9.17) is 0 Å². The number of nitrogens with zero attached hydrogens (tertiary/aromatic N) is 2. The van der Waals surface area contributed by atoms with Gasteiger partial charge in [-0.1, -0.05) is 19.1 Å². The summed E-state index contributed by atoms with van der Waals surface area (Å²) in [6.45, 7) is 8.33. The fourth-order valence-corrected chi connectivity index (χ4v) is 6.47. The van der Waals surface area contributed by atoms with E-state index < -0.39 is 10.0 Å². The maximum absolute atomic E-state index is 13.3. The van der Waals surface area contributed by atoms with Crippen LogP contribution in [0.4, 0.5) is 11.4 Å². The molecule has 1 N–H and O–H groups in total. The molecular weight excluding hydrogens is 418 g/mol. The highest BCUT2D eigenvalue weighted by atomic mass is 32.2. The van der Waals surface area contributed by atoms with Gasteiger partial charge in [0.15, 0.2) is 0 Å². The number of rotatable bonds is 3. The van der Waals surface area contributed by atoms with E-state index >= 15 is 0 Å². The van der Waals surface area contributed by atoms with Crippen LogP contribution in [0.1, 0.15) is 24.5 Å². The minimum Gasteiger partial charge on any atom is -0.369 e. The molecule has 0 spiro atoms. The van der Waals surface area contributed by atoms with Crippen LogP contribution in [-0.4, -0.2) is 50.1 Å². The van der Waals surface area contributed by atoms with Crippen LogP contribution in [0, 0.1) is 13.8 Å². The first-order valence-electron chi connectivity index (χ1n) is 10.2. The molecule has 0 radical (unpaired) electrons. The number of fused-ring (bicyclic) bond motifs is 1. The van der Waals surface area contributed by atoms with Gasteiger partial charge in [0.2, 0.25) is 15.9 Å². The molecule has 160 valence electrons. The smallest absolute Gasteiger partial charge is 0.243 e. The zero-order chi connectivity index (χ0) is 21.5. The first-order valence-corrected chi connectivity index (χ1v) is 12.5. The second-order valence-corrected chi connectivity index (χ2v) is 11.4. The lowest BCUT2D eigenvalue weighted by Gasteiger charge is -2.36. The lowest BCUT2D eigenvalue weighted by atomic mass is 10.1. The van der Waals surface area contributed by atoms with E-state index in [9.17, 15) is 13.2 Å². The SMILES string of the molecule is Cc1ccc(C)c(N2CCN(S(=O)(=O)c3ccc4c(c3)NC(=O)CC(C)S4)CC2)c1. The summed E-state index contributed by atoms with van der Waals surface area (Å²) in [7, 11) is -3.62. The van der Waals surface area contributed by atoms with Crippen molar-refractivity contribution >= 4 is 39.1 Å². The highest BCUT2D eigenvalue weighted by Crippen LogP contribution is 2.37. The maximum Gasteiger partial charge on any atom is 0.243 e. The van der Waals surface area contributed by atoms with Crippen molar-refractivity contribution < 1.29 is 13.2 Å². The summed E-state index contributed by atoms with van der Waals surface area (Å²) in [5.74, 6) is -0.0783. The number of thioether (sulfide) groups is 1. The van der Waals surface area contributed by atoms with Crippen molar-refractivity contribution in [2.75, 3.05) is 36.4 Å². The number of benzene rings is 2. The van der Waals surface area contributed by atoms with Crippen molar-refractivity contribution in [3.05, 3.63) is 47.5 Å². The highest BCUT2D eigenvalue weighted by Gasteiger charge is 2.30. The Morgan fingerprint density at radius 3 is 2.50 bits per heavy atom. The zero-order valence-corrected chi connectivity index (χ0v) is 19.1. The molecule has 4 rings (SSSR count). The Labute approximate surface area is 182 Å². The summed E-state index contributed by atoms with van der Waals surface area (Å²) in [6.07, 6.45) is 0.418. The average molecular weight is 446 g/mol. The largest absolute Gasteiger partial charge is 0.369 e. The third-order valence-corrected chi connectivity index (χ3v) is 8.68. The molecule has 0 bridgehead atoms. The number of amides is 1. The summed E-state index contributed by atoms with van der Waals surface area (Å²) in [6, 6.07) is 11.4. The Hall–Kier alpha value is -2.03. The Morgan fingerprint density at radius 2 is 1.77 bits per heavy atom. The number of sulfonamides is 1. The minimum atomic E-state index is -3.62. The number of carbonyl (C=O) groups excluding carboxylic acids is 1. The predicted molar refractivity (Wildman–Crippen MR) is 122 cm³/mol. The van der Waals surface area contributed by atoms with Gasteiger partial charge in [-0.25, -0.2) is 8.42 Å². The molecule has 0 aromatic heterocycles. The van der Waals surface area contributed by atoms with E-state index in [2.05, 4.69) is 42.3 Å². The lowest BCUT2D eigenvalue weighted by Crippen LogP contribution is -2.48. The Kier molecular flexibility index (Phi) is 5.83. The average Bonchev–Trinajstić information content (AvgIpc) is 2.85. The quantitative estimate of drug-likeness (QED) is 0.781. The standard InChI is InChI=1S/C22H27N3O3S2/c1-15-4-5-16(2)20(12-15)24-8-10-25(11-9-24)30(27,28)18-6-7-21-19(14-18)23-22(26)13-17(3)29-21/h4-7,12,14,17H,8-11,13H2,1-3H3,(H,23,26). The van der Waals surface area contributed by atoms with Crippen LogP contribution in [0.15, 0.2) is 46.2 Å². The Balaban J connectivity index is 1.53. The first kappa shape index (κ1) is 21.2. The molecule has 1 amide bonds. The van der Waals surface area contributed by atoms with E-state index in [1.54, 1.807) is 34.3 Å². The zero-order valence-electron chi connectivity index (χ0n) is 17.5. The van der Waals surface area contributed by atoms with Gasteiger partial charge >= 0.3 is 0 Å². The molecular formula is C22H27N3O3S2. The van der Waals surface area contributed by atoms with Crippen molar-refractivity contribution in [3.63, 3.8) is 0 Å². The second-order valence-electron chi connectivity index (χ2n) is 8.02. The van der Waals surface area contributed by atoms with E-state index in [0.29, 0.717) is 38.3 Å². The molecule has 0 saturated carbocycles. The summed E-state index contributed by atoms with van der Waals surface area (Å²) in [5, 5.41) is 3.02. The van der Waals surface area contributed by atoms with Gasteiger partial charge < -0.3 is 10.2 Å². The van der Waals surface area contributed by atoms with Crippen molar-refractivity contribution in [2.24, 2.45) is 0 Å². The van der Waals surface area contributed by atoms with Gasteiger partial charge in [-0.15, -0.1) is 11.8 Å². The van der Waals surface area contributed by atoms with Crippen LogP contribution in [0.2, 0.25) is 0 Å². The van der Waals surface area contributed by atoms with Crippen molar-refractivity contribution in [1.29, 1.82) is 0 Å². The maximum atomic E-state index is 13.3. The van der Waals surface area contributed by atoms with Gasteiger partial charge in [-0.05, 0) is 49.2 Å². The van der Waals surface area contributed by atoms with Gasteiger partial charge in [-0.2, -0.15) is 4.31 Å². The van der Waals surface area contributed by atoms with Crippen LogP contribution in [0.25, 0.3) is 0 Å². The molecule has 30 heavy (non-hydrogen) atoms. The number of carbonyl (C=O) groups is 1. The highest BCUT2D eigenvalue weighted by molar-refractivity contribution is 8.00. The number of hydrogen-bond donors (Lipinski definition) is 1. The van der Waals surface area contributed by atoms with Crippen molar-refractivity contribution in [3.8, 4) is 0 Å². The van der Waals surface area contributed by atoms with Gasteiger partial charge in [0.05, 0.1) is 10.6 Å². The molecule has 1 atom stereocenters. The number of piperazine rings is 1. The summed E-state index contributed by atoms with van der Waals surface area (Å²) in [4.78, 5) is 15.4. The van der Waals surface area contributed by atoms with Crippen LogP contribution < -0.4 is 10.2 Å². The van der Waals surface area contributed by atoms with Crippen LogP contribution >= 0.6 is 11.8 Å². The summed E-state index contributed by atoms with van der Waals surface area (Å²) < 4.78 is 28.1. The topological polar surface area (TPSA) is 69.7 Å². The molecule has 1 fully saturated rings. The van der Waals surface area contributed by atoms with E-state index in [0.717, 1.165) is 4.90 Å². The molecule has 1 saturated heterocycles. The number of aryl methyl sites for hydroxylation is 2. The predicted octanol–water partition coefficient (Wildman–Crippen LogP) is 3.64. The molecule has 2 aromatic rings. The first-order chi connectivity index (χ1) is 14.2. The van der Waals surface area contributed by atoms with Gasteiger partial charge in [0.1, 0.15) is 0 Å². The Morgan fingerprint density at radius 1 is 1.03 bits per heavy atom. The minimum absolute atomic E-state index is 0.0783. The number of nitrogens with one attached hydrogen (secondary N) is 1. The van der Waals surface area contributed by atoms with Crippen LogP contribution in [0.3, 0.4) is 0 Å². The molecule has 1 unspecified atom stereocenters. The van der Waals surface area contributed by atoms with E-state index in [1.165, 1.54) is 16.8 Å². The van der Waals surface area contributed by atoms with Gasteiger partial charge in [-0.3, -0.25) is 4.79 Å². The third kappa shape index (κ3) is 4.22. The Bertz CT molecular complexity index is 1080. The van der Waals surface area contributed by atoms with Crippen LogP contribution in [0.5, 0.6) is 0 Å². The monoisotopic (exact) mass is 445 g/mol. The van der Waals surface area contributed by atoms with Crippen molar-refractivity contribution in [1.82, 2.24) is 4.31 Å². The molecule has 0 aliphatic carbocycles. The second kappa shape index (κ2) is 8.24. The van der Waals surface area contributed by atoms with Gasteiger partial charge in [0.25, 0.3) is 0 Å². The van der Waals surface area contributed by atoms with E-state index in [-0.39, 0.29) is 16.1 Å². The molecule has 2 aromatic carbocycles. The normalized spacial score (nSPS) is 20.4. The molecule has 6 nitrogen and oxygen atoms in total. The lowest BCUT2D eigenvalue weighted by molar-refractivity contribution is -0.116. The molecule has 2 aliphatic rings. The fourth-order valence-electron chi connectivity index (χ4n) is 3.97. The third-order valence-electron chi connectivity index (χ3n) is 5.61. The summed E-state index contributed by atoms with van der Waals surface area (Å²) in [5.41, 5.74) is 4.16. The number of hydrogen-bond acceptors (Lipinski definition) is 5. The fraction of sp³-hybridized carbons (Fsp3) is 0.409. The number of anilines is 2. The van der Waals surface area contributed by atoms with Crippen LogP contribution in [-0.2, 0) is 14.8 Å². The summed E-state index contributed by atoms with van der Waals surface area (Å²) >= 11 is 1.59. The molecule has 8 heteroatoms.